The van der Waals surface area contributed by atoms with Crippen molar-refractivity contribution in [3.8, 4) is 11.8 Å². The van der Waals surface area contributed by atoms with Crippen LogP contribution in [0.15, 0.2) is 30.6 Å². The molecule has 0 aliphatic heterocycles. The normalized spacial score (nSPS) is 9.73. The highest BCUT2D eigenvalue weighted by atomic mass is 16.3. The molecule has 112 valence electrons. The summed E-state index contributed by atoms with van der Waals surface area (Å²) >= 11 is 0. The van der Waals surface area contributed by atoms with Gasteiger partial charge in [0.05, 0.1) is 5.69 Å². The van der Waals surface area contributed by atoms with Gasteiger partial charge in [0.15, 0.2) is 0 Å². The van der Waals surface area contributed by atoms with Crippen molar-refractivity contribution in [2.75, 3.05) is 17.7 Å². The molecule has 4 N–H and O–H groups in total. The number of hydrogen-bond donors (Lipinski definition) is 3. The molecule has 0 atom stereocenters. The summed E-state index contributed by atoms with van der Waals surface area (Å²) in [6, 6.07) is 5.16. The molecule has 0 unspecified atom stereocenters. The number of aromatic nitrogens is 2. The van der Waals surface area contributed by atoms with Crippen molar-refractivity contribution in [3.05, 3.63) is 47.4 Å². The van der Waals surface area contributed by atoms with Crippen molar-refractivity contribution < 1.29 is 9.90 Å². The molecule has 2 heterocycles. The maximum atomic E-state index is 11.0. The second-order valence-corrected chi connectivity index (χ2v) is 4.57. The van der Waals surface area contributed by atoms with Crippen LogP contribution >= 0.6 is 0 Å². The van der Waals surface area contributed by atoms with Crippen molar-refractivity contribution in [1.29, 1.82) is 0 Å². The Hall–Kier alpha value is -2.91. The number of amides is 1. The van der Waals surface area contributed by atoms with Gasteiger partial charge in [-0.05, 0) is 36.1 Å². The quantitative estimate of drug-likeness (QED) is 0.732. The lowest BCUT2D eigenvalue weighted by atomic mass is 10.1. The molecule has 0 spiro atoms. The van der Waals surface area contributed by atoms with Gasteiger partial charge in [-0.1, -0.05) is 5.92 Å². The molecule has 0 aliphatic rings. The molecule has 2 rings (SSSR count). The van der Waals surface area contributed by atoms with E-state index in [4.69, 9.17) is 10.8 Å². The number of nitrogen functional groups attached to an aromatic ring is 1. The number of aliphatic hydroxyl groups excluding tert-OH is 1. The number of carbonyl (C=O) groups is 1. The smallest absolute Gasteiger partial charge is 0.222 e. The Bertz CT molecular complexity index is 747. The average Bonchev–Trinajstić information content (AvgIpc) is 2.48. The highest BCUT2D eigenvalue weighted by Crippen LogP contribution is 2.15. The first-order valence-electron chi connectivity index (χ1n) is 6.70. The second-order valence-electron chi connectivity index (χ2n) is 4.57. The molecule has 0 aliphatic carbocycles. The van der Waals surface area contributed by atoms with Crippen LogP contribution in [-0.2, 0) is 11.2 Å². The van der Waals surface area contributed by atoms with Crippen molar-refractivity contribution in [2.24, 2.45) is 0 Å². The number of nitrogens with one attached hydrogen (secondary N) is 1. The van der Waals surface area contributed by atoms with E-state index in [9.17, 15) is 4.79 Å². The van der Waals surface area contributed by atoms with Gasteiger partial charge in [0, 0.05) is 31.5 Å². The summed E-state index contributed by atoms with van der Waals surface area (Å²) in [4.78, 5) is 19.2. The fourth-order valence-corrected chi connectivity index (χ4v) is 1.84. The number of pyridine rings is 2. The van der Waals surface area contributed by atoms with Crippen LogP contribution in [0.25, 0.3) is 0 Å². The van der Waals surface area contributed by atoms with Crippen LogP contribution in [0.3, 0.4) is 0 Å². The van der Waals surface area contributed by atoms with Crippen LogP contribution in [0.5, 0.6) is 0 Å². The molecule has 1 amide bonds. The maximum Gasteiger partial charge on any atom is 0.222 e. The Morgan fingerprint density at radius 3 is 2.82 bits per heavy atom. The minimum Gasteiger partial charge on any atom is -0.396 e. The monoisotopic (exact) mass is 296 g/mol. The molecule has 6 heteroatoms. The zero-order valence-electron chi connectivity index (χ0n) is 12.1. The lowest BCUT2D eigenvalue weighted by molar-refractivity contribution is -0.114. The molecule has 0 saturated carbocycles. The summed E-state index contributed by atoms with van der Waals surface area (Å²) in [5.74, 6) is 6.08. The third-order valence-corrected chi connectivity index (χ3v) is 2.85. The fourth-order valence-electron chi connectivity index (χ4n) is 1.84. The Labute approximate surface area is 128 Å². The molecule has 0 saturated heterocycles. The molecule has 2 aromatic rings. The molecule has 0 bridgehead atoms. The molecule has 6 nitrogen and oxygen atoms in total. The first-order valence-corrected chi connectivity index (χ1v) is 6.70. The number of hydrogen-bond acceptors (Lipinski definition) is 5. The highest BCUT2D eigenvalue weighted by molar-refractivity contribution is 5.87. The third kappa shape index (κ3) is 4.04. The zero-order valence-corrected chi connectivity index (χ0v) is 12.1. The van der Waals surface area contributed by atoms with Crippen LogP contribution in [0.4, 0.5) is 11.5 Å². The number of aliphatic hydroxyl groups is 1. The lowest BCUT2D eigenvalue weighted by Gasteiger charge is -2.04. The minimum absolute atomic E-state index is 0.0194. The van der Waals surface area contributed by atoms with E-state index in [2.05, 4.69) is 27.1 Å². The Morgan fingerprint density at radius 2 is 2.09 bits per heavy atom. The number of rotatable bonds is 3. The van der Waals surface area contributed by atoms with Crippen LogP contribution in [0, 0.1) is 11.8 Å². The highest BCUT2D eigenvalue weighted by Gasteiger charge is 2.03. The van der Waals surface area contributed by atoms with Gasteiger partial charge in [-0.3, -0.25) is 4.79 Å². The Kier molecular flexibility index (Phi) is 5.07. The molecular weight excluding hydrogens is 280 g/mol. The molecule has 2 aromatic heterocycles. The van der Waals surface area contributed by atoms with Crippen LogP contribution in [-0.4, -0.2) is 27.6 Å². The fraction of sp³-hybridized carbons (Fsp3) is 0.188. The molecule has 0 fully saturated rings. The number of carbonyl (C=O) groups excluding carboxylic acids is 1. The summed E-state index contributed by atoms with van der Waals surface area (Å²) in [5, 5.41) is 11.6. The van der Waals surface area contributed by atoms with E-state index < -0.39 is 0 Å². The Balaban J connectivity index is 2.27. The standard InChI is InChI=1S/C16H16N4O2/c1-11(22)20-15-10-12(4-7-19-15)2-3-14-16(17)13(6-9-21)5-8-18-14/h4-5,7-8,10,21H,6,9,17H2,1H3,(H,19,20,22). The third-order valence-electron chi connectivity index (χ3n) is 2.85. The molecule has 0 aromatic carbocycles. The van der Waals surface area contributed by atoms with Crippen molar-refractivity contribution in [1.82, 2.24) is 9.97 Å². The van der Waals surface area contributed by atoms with Gasteiger partial charge in [-0.2, -0.15) is 0 Å². The average molecular weight is 296 g/mol. The van der Waals surface area contributed by atoms with E-state index in [1.807, 2.05) is 0 Å². The van der Waals surface area contributed by atoms with Crippen LogP contribution in [0.1, 0.15) is 23.7 Å². The van der Waals surface area contributed by atoms with Gasteiger partial charge >= 0.3 is 0 Å². The summed E-state index contributed by atoms with van der Waals surface area (Å²) < 4.78 is 0. The molecule has 0 radical (unpaired) electrons. The van der Waals surface area contributed by atoms with Gasteiger partial charge in [0.25, 0.3) is 0 Å². The SMILES string of the molecule is CC(=O)Nc1cc(C#Cc2nccc(CCO)c2N)ccn1. The van der Waals surface area contributed by atoms with Gasteiger partial charge in [-0.25, -0.2) is 9.97 Å². The zero-order chi connectivity index (χ0) is 15.9. The van der Waals surface area contributed by atoms with Crippen molar-refractivity contribution in [3.63, 3.8) is 0 Å². The second kappa shape index (κ2) is 7.20. The summed E-state index contributed by atoms with van der Waals surface area (Å²) in [5.41, 5.74) is 8.42. The van der Waals surface area contributed by atoms with E-state index in [-0.39, 0.29) is 12.5 Å². The molecular formula is C16H16N4O2. The first-order chi connectivity index (χ1) is 10.6. The van der Waals surface area contributed by atoms with Crippen LogP contribution < -0.4 is 11.1 Å². The lowest BCUT2D eigenvalue weighted by Crippen LogP contribution is -2.07. The molecule has 22 heavy (non-hydrogen) atoms. The van der Waals surface area contributed by atoms with Gasteiger partial charge in [0.1, 0.15) is 11.5 Å². The summed E-state index contributed by atoms with van der Waals surface area (Å²) in [6.07, 6.45) is 3.64. The van der Waals surface area contributed by atoms with Crippen LogP contribution in [0.2, 0.25) is 0 Å². The first kappa shape index (κ1) is 15.5. The predicted octanol–water partition coefficient (Wildman–Crippen LogP) is 0.952. The van der Waals surface area contributed by atoms with E-state index in [1.165, 1.54) is 6.92 Å². The van der Waals surface area contributed by atoms with Crippen molar-refractivity contribution >= 4 is 17.4 Å². The van der Waals surface area contributed by atoms with Crippen molar-refractivity contribution in [2.45, 2.75) is 13.3 Å². The van der Waals surface area contributed by atoms with E-state index in [0.29, 0.717) is 29.2 Å². The summed E-state index contributed by atoms with van der Waals surface area (Å²) in [7, 11) is 0. The number of nitrogens with two attached hydrogens (primary N) is 1. The maximum absolute atomic E-state index is 11.0. The van der Waals surface area contributed by atoms with Gasteiger partial charge in [0.2, 0.25) is 5.91 Å². The number of anilines is 2. The largest absolute Gasteiger partial charge is 0.396 e. The van der Waals surface area contributed by atoms with E-state index in [0.717, 1.165) is 5.56 Å². The van der Waals surface area contributed by atoms with Gasteiger partial charge in [-0.15, -0.1) is 0 Å². The van der Waals surface area contributed by atoms with E-state index >= 15 is 0 Å². The van der Waals surface area contributed by atoms with Gasteiger partial charge < -0.3 is 16.2 Å². The Morgan fingerprint density at radius 1 is 1.32 bits per heavy atom. The number of nitrogens with zero attached hydrogens (tertiary/aromatic N) is 2. The topological polar surface area (TPSA) is 101 Å². The minimum atomic E-state index is -0.194. The summed E-state index contributed by atoms with van der Waals surface area (Å²) in [6.45, 7) is 1.43. The van der Waals surface area contributed by atoms with E-state index in [1.54, 1.807) is 30.6 Å². The predicted molar refractivity (Wildman–Crippen MR) is 84.0 cm³/mol.